The fraction of sp³-hybridized carbons (Fsp3) is 0.227. The number of thiazole rings is 1. The summed E-state index contributed by atoms with van der Waals surface area (Å²) in [4.78, 5) is 29.1. The molecule has 2 amide bonds. The molecule has 1 aliphatic rings. The van der Waals surface area contributed by atoms with Crippen LogP contribution in [0.5, 0.6) is 10.9 Å². The van der Waals surface area contributed by atoms with Crippen molar-refractivity contribution in [3.8, 4) is 10.9 Å². The Hall–Kier alpha value is -3.10. The van der Waals surface area contributed by atoms with Gasteiger partial charge in [0.2, 0.25) is 0 Å². The zero-order chi connectivity index (χ0) is 22.1. The van der Waals surface area contributed by atoms with Crippen LogP contribution in [0.1, 0.15) is 20.3 Å². The van der Waals surface area contributed by atoms with Gasteiger partial charge in [-0.1, -0.05) is 36.8 Å². The minimum absolute atomic E-state index is 0.216. The second kappa shape index (κ2) is 8.56. The molecule has 3 N–H and O–H groups in total. The van der Waals surface area contributed by atoms with E-state index in [0.717, 1.165) is 10.2 Å². The number of aliphatic hydroxyl groups excluding tert-OH is 1. The lowest BCUT2D eigenvalue weighted by Crippen LogP contribution is -2.31. The van der Waals surface area contributed by atoms with Gasteiger partial charge in [0.25, 0.3) is 17.0 Å². The van der Waals surface area contributed by atoms with E-state index in [1.165, 1.54) is 11.3 Å². The number of halogens is 1. The van der Waals surface area contributed by atoms with E-state index >= 15 is 0 Å². The summed E-state index contributed by atoms with van der Waals surface area (Å²) in [7, 11) is 0. The SMILES string of the molecule is CC(C)CC1NC(=O)C(C(=O)Nc2ccc(Oc3nc4ccc(Cl)cc4s3)cc2)=C1O. The number of carbonyl (C=O) groups excluding carboxylic acids is 2. The summed E-state index contributed by atoms with van der Waals surface area (Å²) in [5, 5.41) is 16.7. The van der Waals surface area contributed by atoms with Gasteiger partial charge in [-0.05, 0) is 54.8 Å². The molecule has 160 valence electrons. The van der Waals surface area contributed by atoms with Crippen LogP contribution < -0.4 is 15.4 Å². The van der Waals surface area contributed by atoms with Crippen LogP contribution >= 0.6 is 22.9 Å². The molecule has 3 aromatic rings. The van der Waals surface area contributed by atoms with Crippen molar-refractivity contribution in [2.24, 2.45) is 5.92 Å². The normalized spacial score (nSPS) is 16.1. The largest absolute Gasteiger partial charge is 0.509 e. The number of amides is 2. The summed E-state index contributed by atoms with van der Waals surface area (Å²) >= 11 is 7.38. The molecule has 1 unspecified atom stereocenters. The van der Waals surface area contributed by atoms with E-state index in [4.69, 9.17) is 16.3 Å². The third-order valence-electron chi connectivity index (χ3n) is 4.70. The van der Waals surface area contributed by atoms with Crippen LogP contribution in [0.25, 0.3) is 10.2 Å². The maximum absolute atomic E-state index is 12.5. The summed E-state index contributed by atoms with van der Waals surface area (Å²) in [5.74, 6) is -0.641. The van der Waals surface area contributed by atoms with Gasteiger partial charge in [0.15, 0.2) is 0 Å². The van der Waals surface area contributed by atoms with Gasteiger partial charge in [0.05, 0.1) is 16.3 Å². The Kier molecular flexibility index (Phi) is 5.84. The highest BCUT2D eigenvalue weighted by molar-refractivity contribution is 7.20. The summed E-state index contributed by atoms with van der Waals surface area (Å²) in [6.45, 7) is 3.95. The van der Waals surface area contributed by atoms with Crippen molar-refractivity contribution < 1.29 is 19.4 Å². The maximum atomic E-state index is 12.5. The fourth-order valence-electron chi connectivity index (χ4n) is 3.27. The number of aliphatic hydroxyl groups is 1. The minimum Gasteiger partial charge on any atom is -0.509 e. The lowest BCUT2D eigenvalue weighted by Gasteiger charge is -2.12. The summed E-state index contributed by atoms with van der Waals surface area (Å²) in [6, 6.07) is 11.5. The molecule has 0 fully saturated rings. The molecular formula is C22H20ClN3O4S. The minimum atomic E-state index is -0.655. The molecule has 9 heteroatoms. The number of carbonyl (C=O) groups is 2. The third-order valence-corrected chi connectivity index (χ3v) is 5.83. The molecule has 1 aliphatic heterocycles. The molecule has 2 aromatic carbocycles. The number of aromatic nitrogens is 1. The number of fused-ring (bicyclic) bond motifs is 1. The van der Waals surface area contributed by atoms with Gasteiger partial charge in [-0.3, -0.25) is 9.59 Å². The Bertz CT molecular complexity index is 1190. The van der Waals surface area contributed by atoms with Crippen molar-refractivity contribution in [2.45, 2.75) is 26.3 Å². The Labute approximate surface area is 187 Å². The average molecular weight is 458 g/mol. The summed E-state index contributed by atoms with van der Waals surface area (Å²) in [5.41, 5.74) is 1.01. The van der Waals surface area contributed by atoms with Crippen LogP contribution in [0.3, 0.4) is 0 Å². The van der Waals surface area contributed by atoms with Crippen molar-refractivity contribution in [3.63, 3.8) is 0 Å². The quantitative estimate of drug-likeness (QED) is 0.450. The molecule has 0 bridgehead atoms. The molecule has 4 rings (SSSR count). The predicted molar refractivity (Wildman–Crippen MR) is 121 cm³/mol. The van der Waals surface area contributed by atoms with Crippen LogP contribution in [0, 0.1) is 5.92 Å². The van der Waals surface area contributed by atoms with Crippen molar-refractivity contribution >= 4 is 50.7 Å². The number of rotatable bonds is 6. The standard InChI is InChI=1S/C22H20ClN3O4S/c1-11(2)9-16-19(27)18(21(29)25-16)20(28)24-13-4-6-14(7-5-13)30-22-26-15-8-3-12(23)10-17(15)31-22/h3-8,10-11,16,27H,9H2,1-2H3,(H,24,28)(H,25,29). The van der Waals surface area contributed by atoms with E-state index in [-0.39, 0.29) is 17.3 Å². The zero-order valence-electron chi connectivity index (χ0n) is 16.8. The van der Waals surface area contributed by atoms with Crippen LogP contribution in [0.15, 0.2) is 53.8 Å². The molecule has 0 saturated carbocycles. The van der Waals surface area contributed by atoms with E-state index in [1.807, 2.05) is 26.0 Å². The highest BCUT2D eigenvalue weighted by atomic mass is 35.5. The number of ether oxygens (including phenoxy) is 1. The molecule has 0 spiro atoms. The van der Waals surface area contributed by atoms with Gasteiger partial charge in [-0.25, -0.2) is 4.98 Å². The second-order valence-electron chi connectivity index (χ2n) is 7.59. The van der Waals surface area contributed by atoms with Crippen LogP contribution in [0.4, 0.5) is 5.69 Å². The Morgan fingerprint density at radius 1 is 1.29 bits per heavy atom. The van der Waals surface area contributed by atoms with Gasteiger partial charge in [-0.15, -0.1) is 0 Å². The molecule has 1 aromatic heterocycles. The van der Waals surface area contributed by atoms with Crippen molar-refractivity contribution in [1.82, 2.24) is 10.3 Å². The average Bonchev–Trinajstić information content (AvgIpc) is 3.22. The van der Waals surface area contributed by atoms with E-state index in [0.29, 0.717) is 28.1 Å². The zero-order valence-corrected chi connectivity index (χ0v) is 18.4. The molecule has 7 nitrogen and oxygen atoms in total. The first kappa shape index (κ1) is 21.1. The molecule has 2 heterocycles. The molecule has 0 saturated heterocycles. The lowest BCUT2D eigenvalue weighted by molar-refractivity contribution is -0.120. The first-order chi connectivity index (χ1) is 14.8. The van der Waals surface area contributed by atoms with E-state index in [9.17, 15) is 14.7 Å². The molecule has 31 heavy (non-hydrogen) atoms. The van der Waals surface area contributed by atoms with Crippen LogP contribution in [0.2, 0.25) is 5.02 Å². The van der Waals surface area contributed by atoms with Gasteiger partial charge in [-0.2, -0.15) is 0 Å². The number of benzene rings is 2. The van der Waals surface area contributed by atoms with E-state index < -0.39 is 17.9 Å². The second-order valence-corrected chi connectivity index (χ2v) is 9.02. The maximum Gasteiger partial charge on any atom is 0.279 e. The number of nitrogens with one attached hydrogen (secondary N) is 2. The smallest absolute Gasteiger partial charge is 0.279 e. The van der Waals surface area contributed by atoms with Crippen LogP contribution in [-0.2, 0) is 9.59 Å². The molecule has 0 aliphatic carbocycles. The third kappa shape index (κ3) is 4.65. The molecule has 1 atom stereocenters. The number of nitrogens with zero attached hydrogens (tertiary/aromatic N) is 1. The first-order valence-corrected chi connectivity index (χ1v) is 10.9. The van der Waals surface area contributed by atoms with E-state index in [1.54, 1.807) is 30.3 Å². The number of hydrogen-bond donors (Lipinski definition) is 3. The predicted octanol–water partition coefficient (Wildman–Crippen LogP) is 5.04. The van der Waals surface area contributed by atoms with Crippen molar-refractivity contribution in [1.29, 1.82) is 0 Å². The highest BCUT2D eigenvalue weighted by Gasteiger charge is 2.36. The first-order valence-electron chi connectivity index (χ1n) is 9.69. The fourth-order valence-corrected chi connectivity index (χ4v) is 4.38. The highest BCUT2D eigenvalue weighted by Crippen LogP contribution is 2.33. The van der Waals surface area contributed by atoms with Crippen molar-refractivity contribution in [3.05, 3.63) is 58.8 Å². The van der Waals surface area contributed by atoms with E-state index in [2.05, 4.69) is 15.6 Å². The molecular weight excluding hydrogens is 438 g/mol. The van der Waals surface area contributed by atoms with Crippen molar-refractivity contribution in [2.75, 3.05) is 5.32 Å². The van der Waals surface area contributed by atoms with Crippen LogP contribution in [-0.4, -0.2) is 27.9 Å². The Morgan fingerprint density at radius 2 is 2.03 bits per heavy atom. The summed E-state index contributed by atoms with van der Waals surface area (Å²) in [6.07, 6.45) is 0.554. The van der Waals surface area contributed by atoms with Gasteiger partial charge >= 0.3 is 0 Å². The van der Waals surface area contributed by atoms with Gasteiger partial charge in [0, 0.05) is 10.7 Å². The Balaban J connectivity index is 1.43. The number of anilines is 1. The number of hydrogen-bond acceptors (Lipinski definition) is 6. The topological polar surface area (TPSA) is 101 Å². The molecule has 0 radical (unpaired) electrons. The Morgan fingerprint density at radius 3 is 2.74 bits per heavy atom. The monoisotopic (exact) mass is 457 g/mol. The van der Waals surface area contributed by atoms with Gasteiger partial charge in [0.1, 0.15) is 17.1 Å². The lowest BCUT2D eigenvalue weighted by atomic mass is 10.0. The summed E-state index contributed by atoms with van der Waals surface area (Å²) < 4.78 is 6.71. The van der Waals surface area contributed by atoms with Gasteiger partial charge < -0.3 is 20.5 Å².